The van der Waals surface area contributed by atoms with Gasteiger partial charge in [-0.15, -0.1) is 0 Å². The number of hydrogen-bond donors (Lipinski definition) is 2. The molecule has 0 saturated heterocycles. The summed E-state index contributed by atoms with van der Waals surface area (Å²) in [5, 5.41) is 16.4. The van der Waals surface area contributed by atoms with E-state index in [0.29, 0.717) is 19.4 Å². The van der Waals surface area contributed by atoms with E-state index >= 15 is 0 Å². The fourth-order valence-electron chi connectivity index (χ4n) is 1.54. The van der Waals surface area contributed by atoms with Gasteiger partial charge in [0, 0.05) is 6.54 Å². The van der Waals surface area contributed by atoms with Gasteiger partial charge in [-0.3, -0.25) is 10.1 Å². The highest BCUT2D eigenvalue weighted by atomic mass is 32.1. The number of thiophene rings is 1. The van der Waals surface area contributed by atoms with Gasteiger partial charge in [0.25, 0.3) is 0 Å². The average Bonchev–Trinajstić information content (AvgIpc) is 2.72. The molecule has 0 aliphatic heterocycles. The molecule has 1 heterocycles. The number of carboxylic acids is 1. The number of aliphatic carboxylic acids is 1. The third kappa shape index (κ3) is 2.79. The minimum Gasteiger partial charge on any atom is -0.480 e. The van der Waals surface area contributed by atoms with E-state index in [2.05, 4.69) is 5.32 Å². The summed E-state index contributed by atoms with van der Waals surface area (Å²) in [5.74, 6) is -0.761. The molecule has 0 unspecified atom stereocenters. The summed E-state index contributed by atoms with van der Waals surface area (Å²) in [7, 11) is 0. The summed E-state index contributed by atoms with van der Waals surface area (Å²) in [6, 6.07) is 2.01. The van der Waals surface area contributed by atoms with Crippen molar-refractivity contribution in [2.24, 2.45) is 0 Å². The highest BCUT2D eigenvalue weighted by Crippen LogP contribution is 2.17. The fraction of sp³-hybridized carbons (Fsp3) is 0.545. The van der Waals surface area contributed by atoms with Crippen LogP contribution < -0.4 is 5.32 Å². The molecular formula is C11H17NO2S. The highest BCUT2D eigenvalue weighted by molar-refractivity contribution is 7.07. The van der Waals surface area contributed by atoms with Crippen molar-refractivity contribution in [3.8, 4) is 0 Å². The quantitative estimate of drug-likeness (QED) is 0.785. The molecule has 1 rings (SSSR count). The van der Waals surface area contributed by atoms with Crippen molar-refractivity contribution < 1.29 is 9.90 Å². The first-order chi connectivity index (χ1) is 7.14. The van der Waals surface area contributed by atoms with Crippen LogP contribution in [0, 0.1) is 0 Å². The van der Waals surface area contributed by atoms with Crippen molar-refractivity contribution in [3.63, 3.8) is 0 Å². The predicted octanol–water partition coefficient (Wildman–Crippen LogP) is 2.48. The van der Waals surface area contributed by atoms with E-state index in [-0.39, 0.29) is 0 Å². The van der Waals surface area contributed by atoms with Crippen LogP contribution in [0.3, 0.4) is 0 Å². The maximum Gasteiger partial charge on any atom is 0.323 e. The van der Waals surface area contributed by atoms with Gasteiger partial charge in [-0.1, -0.05) is 13.8 Å². The second-order valence-electron chi connectivity index (χ2n) is 3.58. The molecule has 0 aromatic carbocycles. The number of carbonyl (C=O) groups is 1. The number of carboxylic acid groups (broad SMARTS) is 1. The van der Waals surface area contributed by atoms with Gasteiger partial charge in [-0.05, 0) is 35.2 Å². The van der Waals surface area contributed by atoms with E-state index in [4.69, 9.17) is 0 Å². The summed E-state index contributed by atoms with van der Waals surface area (Å²) < 4.78 is 0. The Hall–Kier alpha value is -0.870. The molecule has 0 fully saturated rings. The lowest BCUT2D eigenvalue weighted by Gasteiger charge is -2.28. The summed E-state index contributed by atoms with van der Waals surface area (Å²) in [6.07, 6.45) is 1.20. The molecule has 84 valence electrons. The Balaban J connectivity index is 2.63. The van der Waals surface area contributed by atoms with Crippen molar-refractivity contribution in [1.29, 1.82) is 0 Å². The van der Waals surface area contributed by atoms with Gasteiger partial charge in [-0.2, -0.15) is 11.3 Å². The van der Waals surface area contributed by atoms with Crippen molar-refractivity contribution in [2.45, 2.75) is 38.8 Å². The molecular weight excluding hydrogens is 210 g/mol. The van der Waals surface area contributed by atoms with E-state index < -0.39 is 11.5 Å². The molecule has 0 aliphatic carbocycles. The molecule has 0 bridgehead atoms. The topological polar surface area (TPSA) is 49.3 Å². The van der Waals surface area contributed by atoms with Gasteiger partial charge in [0.15, 0.2) is 0 Å². The molecule has 0 radical (unpaired) electrons. The Morgan fingerprint density at radius 1 is 1.53 bits per heavy atom. The lowest BCUT2D eigenvalue weighted by molar-refractivity contribution is -0.145. The van der Waals surface area contributed by atoms with Gasteiger partial charge < -0.3 is 5.11 Å². The van der Waals surface area contributed by atoms with Crippen LogP contribution >= 0.6 is 11.3 Å². The molecule has 3 nitrogen and oxygen atoms in total. The summed E-state index contributed by atoms with van der Waals surface area (Å²) >= 11 is 1.63. The van der Waals surface area contributed by atoms with Crippen LogP contribution in [0.4, 0.5) is 0 Å². The SMILES string of the molecule is CCC(CC)(NCc1ccsc1)C(=O)O. The van der Waals surface area contributed by atoms with E-state index in [1.165, 1.54) is 0 Å². The summed E-state index contributed by atoms with van der Waals surface area (Å²) in [6.45, 7) is 4.42. The standard InChI is InChI=1S/C11H17NO2S/c1-3-11(4-2,10(13)14)12-7-9-5-6-15-8-9/h5-6,8,12H,3-4,7H2,1-2H3,(H,13,14). The molecule has 0 amide bonds. The Morgan fingerprint density at radius 2 is 2.20 bits per heavy atom. The first-order valence-corrected chi connectivity index (χ1v) is 6.08. The Bertz CT molecular complexity index is 304. The van der Waals surface area contributed by atoms with Crippen molar-refractivity contribution in [3.05, 3.63) is 22.4 Å². The number of hydrogen-bond acceptors (Lipinski definition) is 3. The lowest BCUT2D eigenvalue weighted by atomic mass is 9.93. The third-order valence-electron chi connectivity index (χ3n) is 2.83. The summed E-state index contributed by atoms with van der Waals surface area (Å²) in [4.78, 5) is 11.2. The van der Waals surface area contributed by atoms with E-state index in [1.807, 2.05) is 30.7 Å². The zero-order chi connectivity index (χ0) is 11.3. The second-order valence-corrected chi connectivity index (χ2v) is 4.36. The van der Waals surface area contributed by atoms with Gasteiger partial charge in [-0.25, -0.2) is 0 Å². The van der Waals surface area contributed by atoms with Crippen LogP contribution in [0.25, 0.3) is 0 Å². The van der Waals surface area contributed by atoms with Crippen molar-refractivity contribution in [1.82, 2.24) is 5.32 Å². The smallest absolute Gasteiger partial charge is 0.323 e. The molecule has 0 saturated carbocycles. The summed E-state index contributed by atoms with van der Waals surface area (Å²) in [5.41, 5.74) is 0.370. The highest BCUT2D eigenvalue weighted by Gasteiger charge is 2.33. The molecule has 4 heteroatoms. The zero-order valence-electron chi connectivity index (χ0n) is 9.12. The minimum absolute atomic E-state index is 0.600. The van der Waals surface area contributed by atoms with Gasteiger partial charge in [0.1, 0.15) is 5.54 Å². The molecule has 0 aliphatic rings. The molecule has 1 aromatic heterocycles. The largest absolute Gasteiger partial charge is 0.480 e. The minimum atomic E-state index is -0.776. The van der Waals surface area contributed by atoms with Crippen LogP contribution in [0.15, 0.2) is 16.8 Å². The maximum absolute atomic E-state index is 11.2. The first kappa shape index (κ1) is 12.2. The Labute approximate surface area is 94.1 Å². The van der Waals surface area contributed by atoms with Crippen LogP contribution in [0.5, 0.6) is 0 Å². The van der Waals surface area contributed by atoms with E-state index in [0.717, 1.165) is 5.56 Å². The lowest BCUT2D eigenvalue weighted by Crippen LogP contribution is -2.50. The van der Waals surface area contributed by atoms with Crippen LogP contribution in [-0.4, -0.2) is 16.6 Å². The zero-order valence-corrected chi connectivity index (χ0v) is 9.93. The Kier molecular flexibility index (Phi) is 4.29. The molecule has 15 heavy (non-hydrogen) atoms. The Morgan fingerprint density at radius 3 is 2.60 bits per heavy atom. The number of rotatable bonds is 6. The van der Waals surface area contributed by atoms with Crippen molar-refractivity contribution >= 4 is 17.3 Å². The van der Waals surface area contributed by atoms with Gasteiger partial charge >= 0.3 is 5.97 Å². The van der Waals surface area contributed by atoms with Gasteiger partial charge in [0.2, 0.25) is 0 Å². The third-order valence-corrected chi connectivity index (χ3v) is 3.56. The fourth-order valence-corrected chi connectivity index (χ4v) is 2.21. The monoisotopic (exact) mass is 227 g/mol. The normalized spacial score (nSPS) is 11.6. The van der Waals surface area contributed by atoms with Crippen molar-refractivity contribution in [2.75, 3.05) is 0 Å². The molecule has 0 spiro atoms. The van der Waals surface area contributed by atoms with Crippen LogP contribution in [0.2, 0.25) is 0 Å². The molecule has 0 atom stereocenters. The predicted molar refractivity (Wildman–Crippen MR) is 62.1 cm³/mol. The van der Waals surface area contributed by atoms with Crippen LogP contribution in [0.1, 0.15) is 32.3 Å². The maximum atomic E-state index is 11.2. The first-order valence-electron chi connectivity index (χ1n) is 5.14. The van der Waals surface area contributed by atoms with Gasteiger partial charge in [0.05, 0.1) is 0 Å². The second kappa shape index (κ2) is 5.28. The average molecular weight is 227 g/mol. The van der Waals surface area contributed by atoms with E-state index in [9.17, 15) is 9.90 Å². The molecule has 1 aromatic rings. The molecule has 2 N–H and O–H groups in total. The van der Waals surface area contributed by atoms with Crippen LogP contribution in [-0.2, 0) is 11.3 Å². The number of nitrogens with one attached hydrogen (secondary N) is 1. The van der Waals surface area contributed by atoms with E-state index in [1.54, 1.807) is 11.3 Å².